The van der Waals surface area contributed by atoms with Gasteiger partial charge in [-0.2, -0.15) is 5.10 Å². The highest BCUT2D eigenvalue weighted by atomic mass is 16.5. The first-order chi connectivity index (χ1) is 9.06. The number of hydrogen-bond acceptors (Lipinski definition) is 3. The molecular formula is C13H25N5O. The molecule has 0 saturated heterocycles. The molecule has 0 aliphatic rings. The number of aromatic nitrogens is 2. The molecule has 19 heavy (non-hydrogen) atoms. The quantitative estimate of drug-likeness (QED) is 0.429. The second-order valence-electron chi connectivity index (χ2n) is 4.56. The summed E-state index contributed by atoms with van der Waals surface area (Å²) in [6.07, 6.45) is 1.96. The highest BCUT2D eigenvalue weighted by Crippen LogP contribution is 2.13. The van der Waals surface area contributed by atoms with E-state index in [2.05, 4.69) is 22.3 Å². The average molecular weight is 267 g/mol. The number of aryl methyl sites for hydroxylation is 2. The van der Waals surface area contributed by atoms with Crippen LogP contribution in [0.3, 0.4) is 0 Å². The van der Waals surface area contributed by atoms with Crippen molar-refractivity contribution in [2.24, 2.45) is 17.8 Å². The number of aliphatic imine (C=N–C) groups is 1. The Morgan fingerprint density at radius 3 is 2.79 bits per heavy atom. The van der Waals surface area contributed by atoms with Crippen molar-refractivity contribution in [2.75, 3.05) is 26.8 Å². The number of hydrogen-bond donors (Lipinski definition) is 2. The zero-order valence-electron chi connectivity index (χ0n) is 12.4. The van der Waals surface area contributed by atoms with Gasteiger partial charge in [0.1, 0.15) is 0 Å². The predicted molar refractivity (Wildman–Crippen MR) is 77.4 cm³/mol. The van der Waals surface area contributed by atoms with Gasteiger partial charge in [-0.15, -0.1) is 0 Å². The minimum atomic E-state index is 0.483. The Kier molecular flexibility index (Phi) is 6.35. The van der Waals surface area contributed by atoms with Gasteiger partial charge in [0.25, 0.3) is 0 Å². The van der Waals surface area contributed by atoms with Crippen molar-refractivity contribution in [3.8, 4) is 0 Å². The maximum Gasteiger partial charge on any atom is 0.188 e. The molecule has 1 aromatic rings. The van der Waals surface area contributed by atoms with Crippen molar-refractivity contribution >= 4 is 5.96 Å². The van der Waals surface area contributed by atoms with E-state index in [0.717, 1.165) is 25.1 Å². The summed E-state index contributed by atoms with van der Waals surface area (Å²) in [5.41, 5.74) is 9.38. The van der Waals surface area contributed by atoms with E-state index < -0.39 is 0 Å². The van der Waals surface area contributed by atoms with Crippen molar-refractivity contribution in [3.05, 3.63) is 17.0 Å². The molecule has 6 nitrogen and oxygen atoms in total. The largest absolute Gasteiger partial charge is 0.383 e. The van der Waals surface area contributed by atoms with Crippen LogP contribution in [0.25, 0.3) is 0 Å². The van der Waals surface area contributed by atoms with Crippen molar-refractivity contribution in [1.82, 2.24) is 15.1 Å². The number of rotatable bonds is 7. The van der Waals surface area contributed by atoms with E-state index >= 15 is 0 Å². The smallest absolute Gasteiger partial charge is 0.188 e. The van der Waals surface area contributed by atoms with Crippen molar-refractivity contribution in [3.63, 3.8) is 0 Å². The van der Waals surface area contributed by atoms with Crippen molar-refractivity contribution < 1.29 is 4.74 Å². The molecule has 1 rings (SSSR count). The lowest BCUT2D eigenvalue weighted by Crippen LogP contribution is -2.34. The second kappa shape index (κ2) is 7.78. The lowest BCUT2D eigenvalue weighted by atomic mass is 10.1. The third kappa shape index (κ3) is 4.90. The molecule has 0 aliphatic carbocycles. The van der Waals surface area contributed by atoms with Gasteiger partial charge in [0.05, 0.1) is 12.3 Å². The number of nitrogens with one attached hydrogen (secondary N) is 1. The highest BCUT2D eigenvalue weighted by molar-refractivity contribution is 5.77. The van der Waals surface area contributed by atoms with Crippen molar-refractivity contribution in [1.29, 1.82) is 0 Å². The molecule has 0 aromatic carbocycles. The van der Waals surface area contributed by atoms with Crippen LogP contribution in [0.5, 0.6) is 0 Å². The minimum Gasteiger partial charge on any atom is -0.383 e. The molecule has 0 fully saturated rings. The van der Waals surface area contributed by atoms with Gasteiger partial charge in [0, 0.05) is 32.9 Å². The first kappa shape index (κ1) is 15.5. The molecule has 108 valence electrons. The standard InChI is InChI=1S/C13H25N5O/c1-10-12(11(2)18(3)17-10)6-5-7-15-13(14)16-8-9-19-4/h5-9H2,1-4H3,(H3,14,15,16). The van der Waals surface area contributed by atoms with Crippen LogP contribution in [0.4, 0.5) is 0 Å². The average Bonchev–Trinajstić information content (AvgIpc) is 2.60. The van der Waals surface area contributed by atoms with E-state index in [0.29, 0.717) is 19.1 Å². The zero-order valence-corrected chi connectivity index (χ0v) is 12.4. The third-order valence-corrected chi connectivity index (χ3v) is 3.14. The monoisotopic (exact) mass is 267 g/mol. The summed E-state index contributed by atoms with van der Waals surface area (Å²) in [5, 5.41) is 7.40. The fourth-order valence-electron chi connectivity index (χ4n) is 1.97. The number of methoxy groups -OCH3 is 1. The Hall–Kier alpha value is -1.56. The van der Waals surface area contributed by atoms with E-state index in [9.17, 15) is 0 Å². The van der Waals surface area contributed by atoms with Gasteiger partial charge in [-0.3, -0.25) is 9.67 Å². The fraction of sp³-hybridized carbons (Fsp3) is 0.692. The summed E-state index contributed by atoms with van der Waals surface area (Å²) in [6.45, 7) is 6.18. The lowest BCUT2D eigenvalue weighted by molar-refractivity contribution is 0.204. The molecule has 1 heterocycles. The van der Waals surface area contributed by atoms with E-state index in [1.807, 2.05) is 18.7 Å². The molecular weight excluding hydrogens is 242 g/mol. The first-order valence-electron chi connectivity index (χ1n) is 6.58. The molecule has 1 aromatic heterocycles. The van der Waals surface area contributed by atoms with Gasteiger partial charge in [-0.05, 0) is 32.3 Å². The molecule has 0 bridgehead atoms. The topological polar surface area (TPSA) is 77.5 Å². The van der Waals surface area contributed by atoms with Crippen LogP contribution in [-0.4, -0.2) is 42.5 Å². The van der Waals surface area contributed by atoms with Crippen LogP contribution < -0.4 is 11.1 Å². The molecule has 6 heteroatoms. The van der Waals surface area contributed by atoms with Crippen LogP contribution in [0, 0.1) is 13.8 Å². The van der Waals surface area contributed by atoms with Gasteiger partial charge in [0.15, 0.2) is 5.96 Å². The predicted octanol–water partition coefficient (Wildman–Crippen LogP) is 0.520. The molecule has 0 amide bonds. The molecule has 0 spiro atoms. The Balaban J connectivity index is 2.32. The SMILES string of the molecule is COCCNC(N)=NCCCc1c(C)nn(C)c1C. The number of guanidine groups is 1. The summed E-state index contributed by atoms with van der Waals surface area (Å²) in [6, 6.07) is 0. The maximum absolute atomic E-state index is 5.72. The van der Waals surface area contributed by atoms with Gasteiger partial charge >= 0.3 is 0 Å². The normalized spacial score (nSPS) is 11.9. The van der Waals surface area contributed by atoms with E-state index in [4.69, 9.17) is 10.5 Å². The molecule has 0 atom stereocenters. The molecule has 0 unspecified atom stereocenters. The van der Waals surface area contributed by atoms with Gasteiger partial charge in [-0.1, -0.05) is 0 Å². The Morgan fingerprint density at radius 2 is 2.21 bits per heavy atom. The Labute approximate surface area is 115 Å². The summed E-state index contributed by atoms with van der Waals surface area (Å²) < 4.78 is 6.85. The second-order valence-corrected chi connectivity index (χ2v) is 4.56. The Morgan fingerprint density at radius 1 is 1.47 bits per heavy atom. The van der Waals surface area contributed by atoms with Gasteiger partial charge in [0.2, 0.25) is 0 Å². The maximum atomic E-state index is 5.72. The summed E-state index contributed by atoms with van der Waals surface area (Å²) >= 11 is 0. The van der Waals surface area contributed by atoms with Crippen molar-refractivity contribution in [2.45, 2.75) is 26.7 Å². The number of ether oxygens (including phenoxy) is 1. The van der Waals surface area contributed by atoms with Gasteiger partial charge < -0.3 is 15.8 Å². The summed E-state index contributed by atoms with van der Waals surface area (Å²) in [7, 11) is 3.63. The Bertz CT molecular complexity index is 425. The van der Waals surface area contributed by atoms with E-state index in [1.54, 1.807) is 7.11 Å². The zero-order chi connectivity index (χ0) is 14.3. The van der Waals surface area contributed by atoms with Crippen LogP contribution in [-0.2, 0) is 18.2 Å². The first-order valence-corrected chi connectivity index (χ1v) is 6.58. The molecule has 3 N–H and O–H groups in total. The summed E-state index contributed by atoms with van der Waals surface area (Å²) in [5.74, 6) is 0.483. The van der Waals surface area contributed by atoms with Crippen LogP contribution >= 0.6 is 0 Å². The van der Waals surface area contributed by atoms with Crippen LogP contribution in [0.15, 0.2) is 4.99 Å². The van der Waals surface area contributed by atoms with Crippen LogP contribution in [0.2, 0.25) is 0 Å². The molecule has 0 aliphatic heterocycles. The van der Waals surface area contributed by atoms with E-state index in [-0.39, 0.29) is 0 Å². The van der Waals surface area contributed by atoms with E-state index in [1.165, 1.54) is 11.3 Å². The third-order valence-electron chi connectivity index (χ3n) is 3.14. The van der Waals surface area contributed by atoms with Gasteiger partial charge in [-0.25, -0.2) is 0 Å². The highest BCUT2D eigenvalue weighted by Gasteiger charge is 2.08. The molecule has 0 radical (unpaired) electrons. The number of nitrogens with zero attached hydrogens (tertiary/aromatic N) is 3. The summed E-state index contributed by atoms with van der Waals surface area (Å²) in [4.78, 5) is 4.28. The fourth-order valence-corrected chi connectivity index (χ4v) is 1.97. The van der Waals surface area contributed by atoms with Crippen LogP contribution in [0.1, 0.15) is 23.4 Å². The molecule has 0 saturated carbocycles. The number of nitrogens with two attached hydrogens (primary N) is 1. The lowest BCUT2D eigenvalue weighted by Gasteiger charge is -2.04. The minimum absolute atomic E-state index is 0.483.